The number of H-pyrrole nitrogens is 1. The number of hydrogen-bond donors (Lipinski definition) is 1. The number of piperazine rings is 1. The summed E-state index contributed by atoms with van der Waals surface area (Å²) in [7, 11) is 0. The molecule has 1 unspecified atom stereocenters. The van der Waals surface area contributed by atoms with Crippen molar-refractivity contribution < 1.29 is 4.74 Å². The average molecular weight is 362 g/mol. The highest BCUT2D eigenvalue weighted by atomic mass is 16.5. The highest BCUT2D eigenvalue weighted by Crippen LogP contribution is 2.35. The zero-order chi connectivity index (χ0) is 18.1. The summed E-state index contributed by atoms with van der Waals surface area (Å²) in [6.45, 7) is 6.28. The van der Waals surface area contributed by atoms with Gasteiger partial charge in [0.05, 0.1) is 12.1 Å². The second-order valence-corrected chi connectivity index (χ2v) is 7.57. The molecule has 2 aliphatic heterocycles. The Morgan fingerprint density at radius 2 is 1.96 bits per heavy atom. The SMILES string of the molecule is c1ccc2c(c1)OCCC2CCN1CCN(c2nccc3cc[nH]c23)CC1. The maximum absolute atomic E-state index is 5.81. The van der Waals surface area contributed by atoms with Crippen LogP contribution in [0.3, 0.4) is 0 Å². The third-order valence-electron chi connectivity index (χ3n) is 6.00. The molecular formula is C22H26N4O. The number of hydrogen-bond acceptors (Lipinski definition) is 4. The van der Waals surface area contributed by atoms with Crippen LogP contribution in [0.15, 0.2) is 48.8 Å². The van der Waals surface area contributed by atoms with E-state index in [-0.39, 0.29) is 0 Å². The summed E-state index contributed by atoms with van der Waals surface area (Å²) in [6, 6.07) is 12.7. The van der Waals surface area contributed by atoms with E-state index in [0.717, 1.165) is 62.8 Å². The molecule has 3 aromatic rings. The van der Waals surface area contributed by atoms with Crippen LogP contribution < -0.4 is 9.64 Å². The molecule has 1 aromatic carbocycles. The number of fused-ring (bicyclic) bond motifs is 2. The number of nitrogens with zero attached hydrogens (tertiary/aromatic N) is 3. The number of aromatic amines is 1. The highest BCUT2D eigenvalue weighted by molar-refractivity contribution is 5.89. The molecule has 0 amide bonds. The Morgan fingerprint density at radius 3 is 2.89 bits per heavy atom. The van der Waals surface area contributed by atoms with Crippen molar-refractivity contribution >= 4 is 16.7 Å². The van der Waals surface area contributed by atoms with Crippen LogP contribution in [0.4, 0.5) is 5.82 Å². The van der Waals surface area contributed by atoms with Gasteiger partial charge in [0.15, 0.2) is 5.82 Å². The Labute approximate surface area is 160 Å². The fourth-order valence-electron chi connectivity index (χ4n) is 4.44. The Kier molecular flexibility index (Phi) is 4.46. The van der Waals surface area contributed by atoms with Gasteiger partial charge in [-0.25, -0.2) is 4.98 Å². The Balaban J connectivity index is 1.19. The van der Waals surface area contributed by atoms with Crippen molar-refractivity contribution in [3.63, 3.8) is 0 Å². The molecule has 1 N–H and O–H groups in total. The van der Waals surface area contributed by atoms with Gasteiger partial charge in [-0.1, -0.05) is 18.2 Å². The Hall–Kier alpha value is -2.53. The molecule has 0 aliphatic carbocycles. The molecule has 140 valence electrons. The monoisotopic (exact) mass is 362 g/mol. The fraction of sp³-hybridized carbons (Fsp3) is 0.409. The summed E-state index contributed by atoms with van der Waals surface area (Å²) in [5, 5.41) is 1.24. The minimum absolute atomic E-state index is 0.627. The molecule has 0 spiro atoms. The van der Waals surface area contributed by atoms with Gasteiger partial charge in [0, 0.05) is 44.0 Å². The zero-order valence-corrected chi connectivity index (χ0v) is 15.6. The van der Waals surface area contributed by atoms with Crippen LogP contribution in [0.25, 0.3) is 10.9 Å². The number of rotatable bonds is 4. The minimum atomic E-state index is 0.627. The van der Waals surface area contributed by atoms with Crippen LogP contribution in [-0.4, -0.2) is 54.2 Å². The molecular weight excluding hydrogens is 336 g/mol. The number of para-hydroxylation sites is 1. The van der Waals surface area contributed by atoms with Gasteiger partial charge in [-0.3, -0.25) is 4.90 Å². The maximum atomic E-state index is 5.81. The lowest BCUT2D eigenvalue weighted by atomic mass is 9.90. The van der Waals surface area contributed by atoms with E-state index in [1.165, 1.54) is 17.4 Å². The standard InChI is InChI=1S/C22H26N4O/c1-2-4-20-19(3-1)17(8-16-27-20)7-11-25-12-14-26(15-13-25)22-21-18(5-9-23-21)6-10-24-22/h1-6,9-10,17,23H,7-8,11-16H2. The molecule has 0 saturated carbocycles. The van der Waals surface area contributed by atoms with Gasteiger partial charge >= 0.3 is 0 Å². The first-order valence-corrected chi connectivity index (χ1v) is 9.99. The maximum Gasteiger partial charge on any atom is 0.153 e. The normalized spacial score (nSPS) is 20.4. The molecule has 5 heteroatoms. The van der Waals surface area contributed by atoms with Crippen molar-refractivity contribution in [1.82, 2.24) is 14.9 Å². The van der Waals surface area contributed by atoms with Gasteiger partial charge in [-0.15, -0.1) is 0 Å². The van der Waals surface area contributed by atoms with Gasteiger partial charge < -0.3 is 14.6 Å². The molecule has 5 nitrogen and oxygen atoms in total. The van der Waals surface area contributed by atoms with Crippen LogP contribution in [0, 0.1) is 0 Å². The van der Waals surface area contributed by atoms with Gasteiger partial charge in [0.25, 0.3) is 0 Å². The van der Waals surface area contributed by atoms with E-state index in [2.05, 4.69) is 56.2 Å². The average Bonchev–Trinajstić information content (AvgIpc) is 3.22. The van der Waals surface area contributed by atoms with E-state index >= 15 is 0 Å². The molecule has 27 heavy (non-hydrogen) atoms. The van der Waals surface area contributed by atoms with E-state index in [4.69, 9.17) is 4.74 Å². The van der Waals surface area contributed by atoms with Crippen LogP contribution in [0.1, 0.15) is 24.3 Å². The molecule has 5 rings (SSSR count). The van der Waals surface area contributed by atoms with Crippen LogP contribution >= 0.6 is 0 Å². The van der Waals surface area contributed by atoms with E-state index in [0.29, 0.717) is 5.92 Å². The third kappa shape index (κ3) is 3.28. The number of anilines is 1. The number of nitrogens with one attached hydrogen (secondary N) is 1. The van der Waals surface area contributed by atoms with Crippen molar-refractivity contribution in [2.45, 2.75) is 18.8 Å². The first-order valence-electron chi connectivity index (χ1n) is 9.99. The summed E-state index contributed by atoms with van der Waals surface area (Å²) in [6.07, 6.45) is 6.26. The lowest BCUT2D eigenvalue weighted by Gasteiger charge is -2.36. The molecule has 2 aromatic heterocycles. The predicted molar refractivity (Wildman–Crippen MR) is 109 cm³/mol. The van der Waals surface area contributed by atoms with Gasteiger partial charge in [0.1, 0.15) is 5.75 Å². The van der Waals surface area contributed by atoms with Crippen molar-refractivity contribution in [2.75, 3.05) is 44.2 Å². The van der Waals surface area contributed by atoms with Crippen molar-refractivity contribution in [3.05, 3.63) is 54.4 Å². The molecule has 0 bridgehead atoms. The van der Waals surface area contributed by atoms with Gasteiger partial charge in [0.2, 0.25) is 0 Å². The summed E-state index contributed by atoms with van der Waals surface area (Å²) in [4.78, 5) is 13.0. The lowest BCUT2D eigenvalue weighted by Crippen LogP contribution is -2.47. The molecule has 1 fully saturated rings. The smallest absolute Gasteiger partial charge is 0.153 e. The summed E-state index contributed by atoms with van der Waals surface area (Å²) < 4.78 is 5.81. The third-order valence-corrected chi connectivity index (χ3v) is 6.00. The Bertz CT molecular complexity index is 913. The van der Waals surface area contributed by atoms with Crippen molar-refractivity contribution in [2.24, 2.45) is 0 Å². The second-order valence-electron chi connectivity index (χ2n) is 7.57. The van der Waals surface area contributed by atoms with Gasteiger partial charge in [-0.2, -0.15) is 0 Å². The summed E-state index contributed by atoms with van der Waals surface area (Å²) in [5.41, 5.74) is 2.55. The van der Waals surface area contributed by atoms with Crippen LogP contribution in [0.5, 0.6) is 5.75 Å². The fourth-order valence-corrected chi connectivity index (χ4v) is 4.44. The van der Waals surface area contributed by atoms with E-state index in [1.54, 1.807) is 0 Å². The molecule has 0 radical (unpaired) electrons. The predicted octanol–water partition coefficient (Wildman–Crippen LogP) is 3.64. The number of ether oxygens (including phenoxy) is 1. The van der Waals surface area contributed by atoms with E-state index in [9.17, 15) is 0 Å². The number of pyridine rings is 1. The first kappa shape index (κ1) is 16.6. The molecule has 2 aliphatic rings. The molecule has 1 atom stereocenters. The number of aromatic nitrogens is 2. The largest absolute Gasteiger partial charge is 0.493 e. The van der Waals surface area contributed by atoms with Gasteiger partial charge in [-0.05, 0) is 49.1 Å². The van der Waals surface area contributed by atoms with Crippen LogP contribution in [-0.2, 0) is 0 Å². The van der Waals surface area contributed by atoms with Crippen LogP contribution in [0.2, 0.25) is 0 Å². The summed E-state index contributed by atoms with van der Waals surface area (Å²) >= 11 is 0. The minimum Gasteiger partial charge on any atom is -0.493 e. The number of benzene rings is 1. The quantitative estimate of drug-likeness (QED) is 0.770. The molecule has 4 heterocycles. The second kappa shape index (κ2) is 7.24. The highest BCUT2D eigenvalue weighted by Gasteiger charge is 2.24. The summed E-state index contributed by atoms with van der Waals surface area (Å²) in [5.74, 6) is 2.81. The topological polar surface area (TPSA) is 44.4 Å². The molecule has 1 saturated heterocycles. The Morgan fingerprint density at radius 1 is 1.07 bits per heavy atom. The first-order chi connectivity index (χ1) is 13.4. The van der Waals surface area contributed by atoms with Crippen molar-refractivity contribution in [1.29, 1.82) is 0 Å². The lowest BCUT2D eigenvalue weighted by molar-refractivity contribution is 0.223. The van der Waals surface area contributed by atoms with E-state index in [1.807, 2.05) is 12.4 Å². The van der Waals surface area contributed by atoms with Crippen molar-refractivity contribution in [3.8, 4) is 5.75 Å². The van der Waals surface area contributed by atoms with E-state index < -0.39 is 0 Å². The zero-order valence-electron chi connectivity index (χ0n) is 15.6.